The molecule has 1 saturated carbocycles. The standard InChI is InChI=1S/C28H26F4N6O2/c1-17-12-36(16-33-17)19-7-8-21(26(11-19)40-14-18-5-6-18)23-13-38(35-34-23)25-10-9-20-22(29)3-2-4-24(20)37(27(25)39)15-28(30,31)32/h2-4,7-8,11-13,16,18,25H,5-6,9-10,14-15H2,1H3. The van der Waals surface area contributed by atoms with E-state index in [1.165, 1.54) is 29.1 Å². The number of aryl methyl sites for hydroxylation is 1. The molecule has 2 aromatic carbocycles. The van der Waals surface area contributed by atoms with Gasteiger partial charge in [-0.05, 0) is 62.8 Å². The monoisotopic (exact) mass is 554 g/mol. The molecule has 1 unspecified atom stereocenters. The molecule has 6 rings (SSSR count). The lowest BCUT2D eigenvalue weighted by molar-refractivity contribution is -0.134. The summed E-state index contributed by atoms with van der Waals surface area (Å²) in [4.78, 5) is 18.4. The predicted molar refractivity (Wildman–Crippen MR) is 138 cm³/mol. The summed E-state index contributed by atoms with van der Waals surface area (Å²) in [5.74, 6) is -0.409. The van der Waals surface area contributed by atoms with Crippen LogP contribution in [-0.2, 0) is 11.2 Å². The number of carbonyl (C=O) groups is 1. The van der Waals surface area contributed by atoms with Crippen LogP contribution in [-0.4, -0.2) is 49.8 Å². The molecule has 0 bridgehead atoms. The Kier molecular flexibility index (Phi) is 6.55. The first-order chi connectivity index (χ1) is 19.2. The van der Waals surface area contributed by atoms with Gasteiger partial charge in [0.25, 0.3) is 5.91 Å². The van der Waals surface area contributed by atoms with E-state index in [1.54, 1.807) is 6.33 Å². The molecular formula is C28H26F4N6O2. The second-order valence-electron chi connectivity index (χ2n) is 10.3. The molecule has 1 fully saturated rings. The van der Waals surface area contributed by atoms with Gasteiger partial charge in [-0.3, -0.25) is 4.79 Å². The minimum absolute atomic E-state index is 0.0634. The molecule has 0 radical (unpaired) electrons. The number of hydrogen-bond acceptors (Lipinski definition) is 5. The van der Waals surface area contributed by atoms with Crippen molar-refractivity contribution in [3.63, 3.8) is 0 Å². The number of carbonyl (C=O) groups excluding carboxylic acids is 1. The van der Waals surface area contributed by atoms with Crippen molar-refractivity contribution in [1.82, 2.24) is 24.5 Å². The normalized spacial score (nSPS) is 17.6. The summed E-state index contributed by atoms with van der Waals surface area (Å²) in [7, 11) is 0. The van der Waals surface area contributed by atoms with E-state index in [-0.39, 0.29) is 24.1 Å². The molecule has 3 heterocycles. The molecule has 0 spiro atoms. The van der Waals surface area contributed by atoms with Crippen molar-refractivity contribution in [1.29, 1.82) is 0 Å². The Morgan fingerprint density at radius 2 is 1.93 bits per heavy atom. The summed E-state index contributed by atoms with van der Waals surface area (Å²) in [5.41, 5.74) is 2.73. The number of aromatic nitrogens is 5. The zero-order chi connectivity index (χ0) is 28.0. The quantitative estimate of drug-likeness (QED) is 0.284. The maximum atomic E-state index is 14.6. The van der Waals surface area contributed by atoms with Crippen LogP contribution >= 0.6 is 0 Å². The summed E-state index contributed by atoms with van der Waals surface area (Å²) < 4.78 is 64.4. The van der Waals surface area contributed by atoms with Gasteiger partial charge < -0.3 is 14.2 Å². The Bertz CT molecular complexity index is 1560. The summed E-state index contributed by atoms with van der Waals surface area (Å²) in [6, 6.07) is 8.30. The largest absolute Gasteiger partial charge is 0.493 e. The maximum absolute atomic E-state index is 14.6. The molecule has 8 nitrogen and oxygen atoms in total. The fraction of sp³-hybridized carbons (Fsp3) is 0.357. The van der Waals surface area contributed by atoms with E-state index < -0.39 is 30.5 Å². The number of fused-ring (bicyclic) bond motifs is 1. The minimum atomic E-state index is -4.68. The first-order valence-corrected chi connectivity index (χ1v) is 13.0. The molecular weight excluding hydrogens is 528 g/mol. The van der Waals surface area contributed by atoms with Crippen molar-refractivity contribution in [2.24, 2.45) is 5.92 Å². The van der Waals surface area contributed by atoms with Gasteiger partial charge >= 0.3 is 6.18 Å². The fourth-order valence-electron chi connectivity index (χ4n) is 4.95. The molecule has 1 aliphatic heterocycles. The van der Waals surface area contributed by atoms with Crippen LogP contribution in [0.25, 0.3) is 16.9 Å². The van der Waals surface area contributed by atoms with Crippen molar-refractivity contribution in [3.8, 4) is 22.7 Å². The Morgan fingerprint density at radius 3 is 2.65 bits per heavy atom. The van der Waals surface area contributed by atoms with Crippen LogP contribution in [0.2, 0.25) is 0 Å². The third kappa shape index (κ3) is 5.30. The molecule has 1 aliphatic carbocycles. The highest BCUT2D eigenvalue weighted by Crippen LogP contribution is 2.37. The highest BCUT2D eigenvalue weighted by molar-refractivity contribution is 5.97. The summed E-state index contributed by atoms with van der Waals surface area (Å²) in [6.07, 6.45) is 2.79. The number of imidazole rings is 1. The third-order valence-corrected chi connectivity index (χ3v) is 7.19. The Balaban J connectivity index is 1.33. The van der Waals surface area contributed by atoms with Gasteiger partial charge in [-0.15, -0.1) is 5.10 Å². The Morgan fingerprint density at radius 1 is 1.10 bits per heavy atom. The van der Waals surface area contributed by atoms with Crippen LogP contribution in [0.4, 0.5) is 23.2 Å². The first kappa shape index (κ1) is 26.0. The molecule has 4 aromatic rings. The van der Waals surface area contributed by atoms with Gasteiger partial charge in [0.1, 0.15) is 29.8 Å². The van der Waals surface area contributed by atoms with Crippen LogP contribution in [0.15, 0.2) is 55.1 Å². The zero-order valence-electron chi connectivity index (χ0n) is 21.6. The summed E-state index contributed by atoms with van der Waals surface area (Å²) in [5, 5.41) is 8.38. The molecule has 208 valence electrons. The second kappa shape index (κ2) is 10.1. The number of amides is 1. The van der Waals surface area contributed by atoms with Gasteiger partial charge in [0.2, 0.25) is 0 Å². The fourth-order valence-corrected chi connectivity index (χ4v) is 4.95. The van der Waals surface area contributed by atoms with Crippen LogP contribution in [0, 0.1) is 18.7 Å². The van der Waals surface area contributed by atoms with Gasteiger partial charge in [0.15, 0.2) is 0 Å². The number of ether oxygens (including phenoxy) is 1. The van der Waals surface area contributed by atoms with Crippen molar-refractivity contribution >= 4 is 11.6 Å². The van der Waals surface area contributed by atoms with E-state index in [1.807, 2.05) is 35.9 Å². The van der Waals surface area contributed by atoms with Crippen molar-refractivity contribution < 1.29 is 27.1 Å². The number of rotatable bonds is 7. The lowest BCUT2D eigenvalue weighted by atomic mass is 10.1. The molecule has 1 amide bonds. The van der Waals surface area contributed by atoms with Crippen LogP contribution in [0.1, 0.15) is 36.6 Å². The SMILES string of the molecule is Cc1cn(-c2ccc(-c3cn(C4CCc5c(F)cccc5N(CC(F)(F)F)C4=O)nn3)c(OCC3CC3)c2)cn1. The van der Waals surface area contributed by atoms with Crippen LogP contribution in [0.5, 0.6) is 5.75 Å². The van der Waals surface area contributed by atoms with Crippen molar-refractivity contribution in [2.75, 3.05) is 18.1 Å². The van der Waals surface area contributed by atoms with Gasteiger partial charge in [-0.1, -0.05) is 11.3 Å². The molecule has 0 saturated heterocycles. The topological polar surface area (TPSA) is 78.1 Å². The van der Waals surface area contributed by atoms with Crippen LogP contribution in [0.3, 0.4) is 0 Å². The van der Waals surface area contributed by atoms with E-state index >= 15 is 0 Å². The van der Waals surface area contributed by atoms with Crippen molar-refractivity contribution in [2.45, 2.75) is 44.8 Å². The highest BCUT2D eigenvalue weighted by atomic mass is 19.4. The smallest absolute Gasteiger partial charge is 0.406 e. The van der Waals surface area contributed by atoms with Crippen molar-refractivity contribution in [3.05, 3.63) is 72.2 Å². The molecule has 1 atom stereocenters. The van der Waals surface area contributed by atoms with Gasteiger partial charge in [0.05, 0.1) is 36.2 Å². The molecule has 12 heteroatoms. The Labute approximate surface area is 227 Å². The second-order valence-corrected chi connectivity index (χ2v) is 10.3. The Hall–Kier alpha value is -4.22. The average molecular weight is 555 g/mol. The first-order valence-electron chi connectivity index (χ1n) is 13.0. The molecule has 40 heavy (non-hydrogen) atoms. The zero-order valence-corrected chi connectivity index (χ0v) is 21.6. The van der Waals surface area contributed by atoms with E-state index in [0.717, 1.165) is 24.2 Å². The van der Waals surface area contributed by atoms with E-state index in [2.05, 4.69) is 15.3 Å². The number of hydrogen-bond donors (Lipinski definition) is 0. The van der Waals surface area contributed by atoms with E-state index in [9.17, 15) is 22.4 Å². The van der Waals surface area contributed by atoms with Crippen LogP contribution < -0.4 is 9.64 Å². The summed E-state index contributed by atoms with van der Waals surface area (Å²) >= 11 is 0. The average Bonchev–Trinajstić information content (AvgIpc) is 3.48. The molecule has 2 aromatic heterocycles. The summed E-state index contributed by atoms with van der Waals surface area (Å²) in [6.45, 7) is 0.908. The van der Waals surface area contributed by atoms with Gasteiger partial charge in [-0.25, -0.2) is 14.1 Å². The predicted octanol–water partition coefficient (Wildman–Crippen LogP) is 5.45. The molecule has 2 aliphatic rings. The van der Waals surface area contributed by atoms with Gasteiger partial charge in [0, 0.05) is 23.4 Å². The minimum Gasteiger partial charge on any atom is -0.493 e. The third-order valence-electron chi connectivity index (χ3n) is 7.19. The lowest BCUT2D eigenvalue weighted by Crippen LogP contribution is -2.42. The number of alkyl halides is 3. The number of anilines is 1. The lowest BCUT2D eigenvalue weighted by Gasteiger charge is -2.26. The number of halogens is 4. The van der Waals surface area contributed by atoms with E-state index in [0.29, 0.717) is 34.4 Å². The number of benzene rings is 2. The number of nitrogens with zero attached hydrogens (tertiary/aromatic N) is 6. The van der Waals surface area contributed by atoms with E-state index in [4.69, 9.17) is 4.74 Å². The maximum Gasteiger partial charge on any atom is 0.406 e. The van der Waals surface area contributed by atoms with Gasteiger partial charge in [-0.2, -0.15) is 13.2 Å². The molecule has 0 N–H and O–H groups in total. The highest BCUT2D eigenvalue weighted by Gasteiger charge is 2.40.